The Morgan fingerprint density at radius 2 is 2.16 bits per heavy atom. The molecule has 1 rings (SSSR count). The summed E-state index contributed by atoms with van der Waals surface area (Å²) in [6.07, 6.45) is 0. The number of amides is 1. The molecule has 1 aromatic rings. The average Bonchev–Trinajstić information content (AvgIpc) is 2.33. The van der Waals surface area contributed by atoms with Crippen molar-refractivity contribution < 1.29 is 9.53 Å². The van der Waals surface area contributed by atoms with Crippen LogP contribution in [0.25, 0.3) is 0 Å². The van der Waals surface area contributed by atoms with Gasteiger partial charge in [-0.2, -0.15) is 5.26 Å². The molecule has 19 heavy (non-hydrogen) atoms. The summed E-state index contributed by atoms with van der Waals surface area (Å²) < 4.78 is 5.97. The number of nitriles is 1. The van der Waals surface area contributed by atoms with Crippen molar-refractivity contribution in [3.05, 3.63) is 32.4 Å². The van der Waals surface area contributed by atoms with Gasteiger partial charge in [0.2, 0.25) is 0 Å². The Labute approximate surface area is 127 Å². The smallest absolute Gasteiger partial charge is 0.252 e. The topological polar surface area (TPSA) is 62.1 Å². The zero-order chi connectivity index (χ0) is 14.6. The normalized spacial score (nSPS) is 13.5. The maximum atomic E-state index is 12.3. The number of hydrogen-bond acceptors (Lipinski definition) is 3. The monoisotopic (exact) mass is 372 g/mol. The number of halogens is 1. The summed E-state index contributed by atoms with van der Waals surface area (Å²) in [4.78, 5) is 12.3. The molecular weight excluding hydrogens is 355 g/mol. The SMILES string of the molecule is COCC(C)(C#N)NC(=O)c1cc(I)cc(C)c1C. The first kappa shape index (κ1) is 15.9. The van der Waals surface area contributed by atoms with Crippen LogP contribution in [0.15, 0.2) is 12.1 Å². The average molecular weight is 372 g/mol. The summed E-state index contributed by atoms with van der Waals surface area (Å²) in [6.45, 7) is 5.66. The number of ether oxygens (including phenoxy) is 1. The van der Waals surface area contributed by atoms with E-state index in [1.807, 2.05) is 26.0 Å². The molecule has 1 N–H and O–H groups in total. The van der Waals surface area contributed by atoms with Crippen molar-refractivity contribution in [3.63, 3.8) is 0 Å². The van der Waals surface area contributed by atoms with E-state index in [-0.39, 0.29) is 12.5 Å². The lowest BCUT2D eigenvalue weighted by Crippen LogP contribution is -2.48. The third kappa shape index (κ3) is 3.91. The number of aryl methyl sites for hydroxylation is 1. The molecule has 102 valence electrons. The highest BCUT2D eigenvalue weighted by atomic mass is 127. The Hall–Kier alpha value is -1.13. The molecule has 0 bridgehead atoms. The van der Waals surface area contributed by atoms with E-state index < -0.39 is 5.54 Å². The van der Waals surface area contributed by atoms with Gasteiger partial charge in [0.1, 0.15) is 5.54 Å². The molecule has 1 amide bonds. The van der Waals surface area contributed by atoms with E-state index in [0.29, 0.717) is 5.56 Å². The van der Waals surface area contributed by atoms with Crippen LogP contribution in [0.1, 0.15) is 28.4 Å². The van der Waals surface area contributed by atoms with Gasteiger partial charge in [0.05, 0.1) is 12.7 Å². The minimum atomic E-state index is -1.02. The van der Waals surface area contributed by atoms with E-state index in [2.05, 4.69) is 34.0 Å². The number of nitrogens with zero attached hydrogens (tertiary/aromatic N) is 1. The van der Waals surface area contributed by atoms with Gasteiger partial charge in [-0.05, 0) is 66.6 Å². The van der Waals surface area contributed by atoms with Crippen LogP contribution >= 0.6 is 22.6 Å². The second-order valence-electron chi connectivity index (χ2n) is 4.73. The molecule has 0 aliphatic heterocycles. The first-order valence-electron chi connectivity index (χ1n) is 5.82. The second kappa shape index (κ2) is 6.35. The molecule has 5 heteroatoms. The number of carbonyl (C=O) groups is 1. The van der Waals surface area contributed by atoms with E-state index >= 15 is 0 Å². The zero-order valence-electron chi connectivity index (χ0n) is 11.5. The van der Waals surface area contributed by atoms with Crippen molar-refractivity contribution in [3.8, 4) is 6.07 Å². The molecule has 0 radical (unpaired) electrons. The molecule has 1 aromatic carbocycles. The largest absolute Gasteiger partial charge is 0.381 e. The standard InChI is InChI=1S/C14H17IN2O2/c1-9-5-11(15)6-12(10(9)2)13(18)17-14(3,7-16)8-19-4/h5-6H,8H2,1-4H3,(H,17,18). The number of rotatable bonds is 4. The number of methoxy groups -OCH3 is 1. The second-order valence-corrected chi connectivity index (χ2v) is 5.97. The molecule has 0 fully saturated rings. The lowest BCUT2D eigenvalue weighted by Gasteiger charge is -2.23. The van der Waals surface area contributed by atoms with Crippen molar-refractivity contribution >= 4 is 28.5 Å². The van der Waals surface area contributed by atoms with Gasteiger partial charge in [-0.15, -0.1) is 0 Å². The maximum absolute atomic E-state index is 12.3. The van der Waals surface area contributed by atoms with Gasteiger partial charge in [0.25, 0.3) is 5.91 Å². The van der Waals surface area contributed by atoms with Gasteiger partial charge in [-0.3, -0.25) is 4.79 Å². The maximum Gasteiger partial charge on any atom is 0.252 e. The zero-order valence-corrected chi connectivity index (χ0v) is 13.7. The third-order valence-electron chi connectivity index (χ3n) is 2.95. The predicted molar refractivity (Wildman–Crippen MR) is 82.0 cm³/mol. The van der Waals surface area contributed by atoms with Crippen molar-refractivity contribution in [1.29, 1.82) is 5.26 Å². The molecule has 0 aliphatic carbocycles. The van der Waals surface area contributed by atoms with Crippen LogP contribution in [0.3, 0.4) is 0 Å². The highest BCUT2D eigenvalue weighted by Gasteiger charge is 2.27. The molecule has 0 aromatic heterocycles. The van der Waals surface area contributed by atoms with Gasteiger partial charge < -0.3 is 10.1 Å². The third-order valence-corrected chi connectivity index (χ3v) is 3.57. The van der Waals surface area contributed by atoms with Crippen LogP contribution in [-0.2, 0) is 4.74 Å². The molecule has 0 heterocycles. The van der Waals surface area contributed by atoms with E-state index in [1.54, 1.807) is 6.92 Å². The fraction of sp³-hybridized carbons (Fsp3) is 0.429. The highest BCUT2D eigenvalue weighted by Crippen LogP contribution is 2.18. The summed E-state index contributed by atoms with van der Waals surface area (Å²) in [7, 11) is 1.50. The van der Waals surface area contributed by atoms with Crippen LogP contribution in [0.4, 0.5) is 0 Å². The molecule has 0 saturated carbocycles. The fourth-order valence-electron chi connectivity index (χ4n) is 1.75. The summed E-state index contributed by atoms with van der Waals surface area (Å²) in [6, 6.07) is 5.91. The molecule has 1 unspecified atom stereocenters. The van der Waals surface area contributed by atoms with Gasteiger partial charge >= 0.3 is 0 Å². The van der Waals surface area contributed by atoms with Gasteiger partial charge in [-0.1, -0.05) is 0 Å². The number of benzene rings is 1. The number of nitrogens with one attached hydrogen (secondary N) is 1. The Kier molecular flexibility index (Phi) is 5.32. The minimum absolute atomic E-state index is 0.150. The van der Waals surface area contributed by atoms with Crippen LogP contribution < -0.4 is 5.32 Å². The quantitative estimate of drug-likeness (QED) is 0.827. The minimum Gasteiger partial charge on any atom is -0.381 e. The van der Waals surface area contributed by atoms with Crippen LogP contribution in [0, 0.1) is 28.7 Å². The van der Waals surface area contributed by atoms with Crippen LogP contribution in [0.5, 0.6) is 0 Å². The molecule has 1 atom stereocenters. The Morgan fingerprint density at radius 3 is 2.68 bits per heavy atom. The van der Waals surface area contributed by atoms with Crippen molar-refractivity contribution in [2.75, 3.05) is 13.7 Å². The summed E-state index contributed by atoms with van der Waals surface area (Å²) >= 11 is 2.17. The van der Waals surface area contributed by atoms with E-state index in [9.17, 15) is 4.79 Å². The van der Waals surface area contributed by atoms with E-state index in [0.717, 1.165) is 14.7 Å². The summed E-state index contributed by atoms with van der Waals surface area (Å²) in [5, 5.41) is 11.9. The molecule has 4 nitrogen and oxygen atoms in total. The molecular formula is C14H17IN2O2. The number of hydrogen-bond donors (Lipinski definition) is 1. The van der Waals surface area contributed by atoms with Gasteiger partial charge in [0, 0.05) is 16.2 Å². The highest BCUT2D eigenvalue weighted by molar-refractivity contribution is 14.1. The van der Waals surface area contributed by atoms with Crippen molar-refractivity contribution in [1.82, 2.24) is 5.32 Å². The van der Waals surface area contributed by atoms with Crippen LogP contribution in [0.2, 0.25) is 0 Å². The first-order valence-corrected chi connectivity index (χ1v) is 6.90. The Morgan fingerprint density at radius 1 is 1.53 bits per heavy atom. The molecule has 0 aliphatic rings. The Balaban J connectivity index is 3.06. The number of carbonyl (C=O) groups excluding carboxylic acids is 1. The lowest BCUT2D eigenvalue weighted by atomic mass is 10.0. The first-order chi connectivity index (χ1) is 8.83. The predicted octanol–water partition coefficient (Wildman–Crippen LogP) is 2.57. The summed E-state index contributed by atoms with van der Waals surface area (Å²) in [5.41, 5.74) is 1.56. The van der Waals surface area contributed by atoms with Crippen molar-refractivity contribution in [2.24, 2.45) is 0 Å². The van der Waals surface area contributed by atoms with Crippen molar-refractivity contribution in [2.45, 2.75) is 26.3 Å². The molecule has 0 spiro atoms. The van der Waals surface area contributed by atoms with Crippen LogP contribution in [-0.4, -0.2) is 25.2 Å². The lowest BCUT2D eigenvalue weighted by molar-refractivity contribution is 0.0859. The molecule has 0 saturated heterocycles. The summed E-state index contributed by atoms with van der Waals surface area (Å²) in [5.74, 6) is -0.250. The fourth-order valence-corrected chi connectivity index (χ4v) is 2.53. The van der Waals surface area contributed by atoms with Gasteiger partial charge in [0.15, 0.2) is 0 Å². The Bertz CT molecular complexity index is 537. The van der Waals surface area contributed by atoms with E-state index in [1.165, 1.54) is 7.11 Å². The van der Waals surface area contributed by atoms with E-state index in [4.69, 9.17) is 10.00 Å². The van der Waals surface area contributed by atoms with Gasteiger partial charge in [-0.25, -0.2) is 0 Å².